The monoisotopic (exact) mass is 262 g/mol. The number of nitrogens with zero attached hydrogens (tertiary/aromatic N) is 1. The van der Waals surface area contributed by atoms with Gasteiger partial charge in [-0.15, -0.1) is 0 Å². The van der Waals surface area contributed by atoms with E-state index in [-0.39, 0.29) is 5.82 Å². The highest BCUT2D eigenvalue weighted by Crippen LogP contribution is 2.36. The molecule has 1 saturated heterocycles. The molecule has 1 saturated carbocycles. The lowest BCUT2D eigenvalue weighted by Gasteiger charge is -2.36. The number of benzene rings is 1. The molecule has 0 spiro atoms. The summed E-state index contributed by atoms with van der Waals surface area (Å²) in [5, 5.41) is 3.64. The second-order valence-electron chi connectivity index (χ2n) is 5.92. The maximum absolute atomic E-state index is 12.8. The summed E-state index contributed by atoms with van der Waals surface area (Å²) < 4.78 is 12.8. The van der Waals surface area contributed by atoms with Gasteiger partial charge in [-0.25, -0.2) is 4.39 Å². The first-order valence-electron chi connectivity index (χ1n) is 7.52. The van der Waals surface area contributed by atoms with Crippen LogP contribution in [0.1, 0.15) is 37.2 Å². The van der Waals surface area contributed by atoms with Gasteiger partial charge in [0.15, 0.2) is 0 Å². The fourth-order valence-electron chi connectivity index (χ4n) is 3.22. The van der Waals surface area contributed by atoms with Crippen LogP contribution in [0.3, 0.4) is 0 Å². The molecule has 2 aliphatic rings. The molecule has 1 heterocycles. The lowest BCUT2D eigenvalue weighted by Crippen LogP contribution is -2.43. The molecule has 1 aromatic carbocycles. The summed E-state index contributed by atoms with van der Waals surface area (Å²) in [6.45, 7) is 4.87. The van der Waals surface area contributed by atoms with Gasteiger partial charge in [-0.3, -0.25) is 0 Å². The number of hydrogen-bond donors (Lipinski definition) is 1. The van der Waals surface area contributed by atoms with Crippen LogP contribution in [0.25, 0.3) is 0 Å². The summed E-state index contributed by atoms with van der Waals surface area (Å²) in [7, 11) is 0. The van der Waals surface area contributed by atoms with E-state index >= 15 is 0 Å². The molecule has 2 nitrogen and oxygen atoms in total. The molecule has 0 amide bonds. The van der Waals surface area contributed by atoms with Gasteiger partial charge in [0, 0.05) is 19.1 Å². The second-order valence-corrected chi connectivity index (χ2v) is 5.92. The van der Waals surface area contributed by atoms with Crippen molar-refractivity contribution in [1.82, 2.24) is 10.2 Å². The molecule has 0 bridgehead atoms. The third-order valence-corrected chi connectivity index (χ3v) is 4.54. The SMILES string of the molecule is Fc1ccc(C2CC(NCCN3CCCC3)C2)cc1. The van der Waals surface area contributed by atoms with Gasteiger partial charge < -0.3 is 10.2 Å². The van der Waals surface area contributed by atoms with E-state index < -0.39 is 0 Å². The molecular weight excluding hydrogens is 239 g/mol. The molecule has 1 aliphatic heterocycles. The van der Waals surface area contributed by atoms with Crippen LogP contribution in [-0.4, -0.2) is 37.1 Å². The van der Waals surface area contributed by atoms with Gasteiger partial charge in [-0.2, -0.15) is 0 Å². The molecule has 0 atom stereocenters. The van der Waals surface area contributed by atoms with E-state index in [1.807, 2.05) is 12.1 Å². The Labute approximate surface area is 115 Å². The summed E-state index contributed by atoms with van der Waals surface area (Å²) in [4.78, 5) is 2.54. The van der Waals surface area contributed by atoms with Gasteiger partial charge in [0.1, 0.15) is 5.82 Å². The summed E-state index contributed by atoms with van der Waals surface area (Å²) in [6.07, 6.45) is 5.14. The Morgan fingerprint density at radius 1 is 1.11 bits per heavy atom. The molecular formula is C16H23FN2. The predicted molar refractivity (Wildman–Crippen MR) is 75.8 cm³/mol. The Hall–Kier alpha value is -0.930. The molecule has 3 heteroatoms. The Morgan fingerprint density at radius 3 is 2.47 bits per heavy atom. The van der Waals surface area contributed by atoms with E-state index in [0.717, 1.165) is 6.54 Å². The van der Waals surface area contributed by atoms with Gasteiger partial charge in [0.05, 0.1) is 0 Å². The van der Waals surface area contributed by atoms with Crippen molar-refractivity contribution in [3.05, 3.63) is 35.6 Å². The van der Waals surface area contributed by atoms with E-state index in [0.29, 0.717) is 12.0 Å². The van der Waals surface area contributed by atoms with Crippen molar-refractivity contribution in [2.24, 2.45) is 0 Å². The maximum atomic E-state index is 12.8. The molecule has 0 aromatic heterocycles. The third-order valence-electron chi connectivity index (χ3n) is 4.54. The molecule has 0 unspecified atom stereocenters. The quantitative estimate of drug-likeness (QED) is 0.878. The predicted octanol–water partition coefficient (Wildman–Crippen LogP) is 2.76. The van der Waals surface area contributed by atoms with E-state index in [9.17, 15) is 4.39 Å². The van der Waals surface area contributed by atoms with Crippen LogP contribution in [0, 0.1) is 5.82 Å². The molecule has 0 radical (unpaired) electrons. The zero-order valence-corrected chi connectivity index (χ0v) is 11.4. The standard InChI is InChI=1S/C16H23FN2/c17-15-5-3-13(4-6-15)14-11-16(12-14)18-7-10-19-8-1-2-9-19/h3-6,14,16,18H,1-2,7-12H2. The average Bonchev–Trinajstić information content (AvgIpc) is 2.87. The smallest absolute Gasteiger partial charge is 0.123 e. The van der Waals surface area contributed by atoms with Crippen LogP contribution >= 0.6 is 0 Å². The summed E-state index contributed by atoms with van der Waals surface area (Å²) >= 11 is 0. The second kappa shape index (κ2) is 6.02. The van der Waals surface area contributed by atoms with Gasteiger partial charge in [-0.05, 0) is 62.4 Å². The lowest BCUT2D eigenvalue weighted by atomic mass is 9.76. The third kappa shape index (κ3) is 3.34. The first-order valence-corrected chi connectivity index (χ1v) is 7.52. The van der Waals surface area contributed by atoms with Gasteiger partial charge >= 0.3 is 0 Å². The van der Waals surface area contributed by atoms with Crippen molar-refractivity contribution in [2.45, 2.75) is 37.6 Å². The number of likely N-dealkylation sites (tertiary alicyclic amines) is 1. The minimum absolute atomic E-state index is 0.136. The van der Waals surface area contributed by atoms with Crippen LogP contribution in [0.15, 0.2) is 24.3 Å². The first kappa shape index (κ1) is 13.1. The Kier molecular flexibility index (Phi) is 4.14. The van der Waals surface area contributed by atoms with Crippen molar-refractivity contribution < 1.29 is 4.39 Å². The number of hydrogen-bond acceptors (Lipinski definition) is 2. The summed E-state index contributed by atoms with van der Waals surface area (Å²) in [5.74, 6) is 0.494. The van der Waals surface area contributed by atoms with Gasteiger partial charge in [-0.1, -0.05) is 12.1 Å². The topological polar surface area (TPSA) is 15.3 Å². The highest BCUT2D eigenvalue weighted by molar-refractivity contribution is 5.23. The maximum Gasteiger partial charge on any atom is 0.123 e. The Bertz CT molecular complexity index is 392. The van der Waals surface area contributed by atoms with Crippen LogP contribution in [-0.2, 0) is 0 Å². The van der Waals surface area contributed by atoms with E-state index in [2.05, 4.69) is 10.2 Å². The van der Waals surface area contributed by atoms with Crippen LogP contribution in [0.5, 0.6) is 0 Å². The van der Waals surface area contributed by atoms with Crippen molar-refractivity contribution in [3.63, 3.8) is 0 Å². The highest BCUT2D eigenvalue weighted by Gasteiger charge is 2.29. The molecule has 19 heavy (non-hydrogen) atoms. The zero-order valence-electron chi connectivity index (χ0n) is 11.4. The fourth-order valence-corrected chi connectivity index (χ4v) is 3.22. The Morgan fingerprint density at radius 2 is 1.79 bits per heavy atom. The van der Waals surface area contributed by atoms with Gasteiger partial charge in [0.25, 0.3) is 0 Å². The van der Waals surface area contributed by atoms with E-state index in [1.54, 1.807) is 12.1 Å². The zero-order chi connectivity index (χ0) is 13.1. The molecule has 3 rings (SSSR count). The lowest BCUT2D eigenvalue weighted by molar-refractivity contribution is 0.266. The van der Waals surface area contributed by atoms with Crippen molar-refractivity contribution in [2.75, 3.05) is 26.2 Å². The van der Waals surface area contributed by atoms with Gasteiger partial charge in [0.2, 0.25) is 0 Å². The van der Waals surface area contributed by atoms with E-state index in [4.69, 9.17) is 0 Å². The minimum atomic E-state index is -0.136. The first-order chi connectivity index (χ1) is 9.31. The van der Waals surface area contributed by atoms with Crippen LogP contribution < -0.4 is 5.32 Å². The molecule has 104 valence electrons. The Balaban J connectivity index is 1.34. The normalized spacial score (nSPS) is 27.4. The summed E-state index contributed by atoms with van der Waals surface area (Å²) in [6, 6.07) is 7.67. The highest BCUT2D eigenvalue weighted by atomic mass is 19.1. The summed E-state index contributed by atoms with van der Waals surface area (Å²) in [5.41, 5.74) is 1.29. The number of halogens is 1. The van der Waals surface area contributed by atoms with Crippen molar-refractivity contribution >= 4 is 0 Å². The molecule has 1 aromatic rings. The minimum Gasteiger partial charge on any atom is -0.313 e. The van der Waals surface area contributed by atoms with E-state index in [1.165, 1.54) is 50.9 Å². The fraction of sp³-hybridized carbons (Fsp3) is 0.625. The average molecular weight is 262 g/mol. The van der Waals surface area contributed by atoms with Crippen LogP contribution in [0.2, 0.25) is 0 Å². The number of rotatable bonds is 5. The largest absolute Gasteiger partial charge is 0.313 e. The van der Waals surface area contributed by atoms with Crippen LogP contribution in [0.4, 0.5) is 4.39 Å². The molecule has 1 aliphatic carbocycles. The van der Waals surface area contributed by atoms with Crippen molar-refractivity contribution in [3.8, 4) is 0 Å². The molecule has 1 N–H and O–H groups in total. The van der Waals surface area contributed by atoms with Crippen molar-refractivity contribution in [1.29, 1.82) is 0 Å². The molecule has 2 fully saturated rings. The number of nitrogens with one attached hydrogen (secondary N) is 1.